The van der Waals surface area contributed by atoms with Gasteiger partial charge in [0, 0.05) is 17.8 Å². The summed E-state index contributed by atoms with van der Waals surface area (Å²) >= 11 is 0. The molecule has 0 aliphatic rings. The molecule has 0 aliphatic carbocycles. The van der Waals surface area contributed by atoms with E-state index in [1.165, 1.54) is 6.92 Å². The number of anilines is 1. The predicted molar refractivity (Wildman–Crippen MR) is 81.3 cm³/mol. The fourth-order valence-electron chi connectivity index (χ4n) is 1.54. The number of rotatable bonds is 6. The number of amides is 3. The summed E-state index contributed by atoms with van der Waals surface area (Å²) < 4.78 is 0. The van der Waals surface area contributed by atoms with E-state index in [-0.39, 0.29) is 12.3 Å². The molecule has 3 N–H and O–H groups in total. The molecule has 0 saturated carbocycles. The van der Waals surface area contributed by atoms with Crippen LogP contribution in [0.3, 0.4) is 0 Å². The second-order valence-electron chi connectivity index (χ2n) is 5.14. The van der Waals surface area contributed by atoms with Crippen LogP contribution in [0.5, 0.6) is 0 Å². The van der Waals surface area contributed by atoms with Gasteiger partial charge in [0.15, 0.2) is 5.78 Å². The molecule has 1 rings (SSSR count). The first-order valence-electron chi connectivity index (χ1n) is 6.81. The van der Waals surface area contributed by atoms with Gasteiger partial charge in [-0.15, -0.1) is 0 Å². The molecule has 0 saturated heterocycles. The van der Waals surface area contributed by atoms with E-state index in [0.29, 0.717) is 23.7 Å². The van der Waals surface area contributed by atoms with Crippen LogP contribution in [0.15, 0.2) is 24.3 Å². The maximum absolute atomic E-state index is 11.6. The summed E-state index contributed by atoms with van der Waals surface area (Å²) in [5, 5.41) is 7.68. The highest BCUT2D eigenvalue weighted by molar-refractivity contribution is 5.97. The van der Waals surface area contributed by atoms with E-state index in [1.54, 1.807) is 24.3 Å². The molecule has 0 aromatic heterocycles. The second-order valence-corrected chi connectivity index (χ2v) is 5.14. The van der Waals surface area contributed by atoms with Gasteiger partial charge in [0.25, 0.3) is 0 Å². The summed E-state index contributed by atoms with van der Waals surface area (Å²) in [7, 11) is 0. The van der Waals surface area contributed by atoms with Crippen LogP contribution in [0.1, 0.15) is 31.1 Å². The molecular formula is C15H21N3O3. The molecule has 21 heavy (non-hydrogen) atoms. The third kappa shape index (κ3) is 6.56. The minimum Gasteiger partial charge on any atom is -0.376 e. The molecule has 0 fully saturated rings. The van der Waals surface area contributed by atoms with Crippen LogP contribution >= 0.6 is 0 Å². The number of nitrogens with one attached hydrogen (secondary N) is 3. The third-order valence-electron chi connectivity index (χ3n) is 2.65. The second kappa shape index (κ2) is 8.04. The van der Waals surface area contributed by atoms with E-state index in [9.17, 15) is 14.4 Å². The lowest BCUT2D eigenvalue weighted by molar-refractivity contribution is -0.118. The number of carbonyl (C=O) groups excluding carboxylic acids is 3. The lowest BCUT2D eigenvalue weighted by Crippen LogP contribution is -2.43. The Morgan fingerprint density at radius 3 is 2.52 bits per heavy atom. The van der Waals surface area contributed by atoms with E-state index >= 15 is 0 Å². The largest absolute Gasteiger partial charge is 0.376 e. The van der Waals surface area contributed by atoms with Crippen LogP contribution in [-0.2, 0) is 4.79 Å². The number of hydrogen-bond acceptors (Lipinski definition) is 4. The number of carbonyl (C=O) groups is 3. The molecule has 0 unspecified atom stereocenters. The third-order valence-corrected chi connectivity index (χ3v) is 2.65. The van der Waals surface area contributed by atoms with Crippen molar-refractivity contribution in [2.45, 2.75) is 20.8 Å². The Morgan fingerprint density at radius 2 is 1.90 bits per heavy atom. The molecule has 3 amide bonds. The van der Waals surface area contributed by atoms with Crippen LogP contribution in [0.4, 0.5) is 10.5 Å². The molecule has 6 heteroatoms. The molecule has 114 valence electrons. The van der Waals surface area contributed by atoms with Gasteiger partial charge in [-0.25, -0.2) is 4.79 Å². The van der Waals surface area contributed by atoms with Crippen molar-refractivity contribution in [1.82, 2.24) is 10.6 Å². The molecule has 6 nitrogen and oxygen atoms in total. The van der Waals surface area contributed by atoms with Gasteiger partial charge < -0.3 is 10.6 Å². The van der Waals surface area contributed by atoms with E-state index in [1.807, 2.05) is 13.8 Å². The molecular weight excluding hydrogens is 270 g/mol. The number of hydrogen-bond donors (Lipinski definition) is 3. The maximum atomic E-state index is 11.6. The number of benzene rings is 1. The Kier molecular flexibility index (Phi) is 6.39. The van der Waals surface area contributed by atoms with E-state index < -0.39 is 11.9 Å². The Labute approximate surface area is 124 Å². The minimum absolute atomic E-state index is 0.0452. The first-order valence-corrected chi connectivity index (χ1v) is 6.81. The van der Waals surface area contributed by atoms with Crippen molar-refractivity contribution < 1.29 is 14.4 Å². The quantitative estimate of drug-likeness (QED) is 0.697. The standard InChI is InChI=1S/C15H21N3O3/c1-10(2)8-17-15(21)18-14(20)9-16-13-6-4-5-12(7-13)11(3)19/h4-7,10,16H,8-9H2,1-3H3,(H2,17,18,20,21). The zero-order chi connectivity index (χ0) is 15.8. The summed E-state index contributed by atoms with van der Waals surface area (Å²) in [6, 6.07) is 6.33. The van der Waals surface area contributed by atoms with Crippen molar-refractivity contribution in [3.63, 3.8) is 0 Å². The minimum atomic E-state index is -0.506. The van der Waals surface area contributed by atoms with Crippen molar-refractivity contribution in [3.8, 4) is 0 Å². The highest BCUT2D eigenvalue weighted by Gasteiger charge is 2.08. The highest BCUT2D eigenvalue weighted by Crippen LogP contribution is 2.10. The van der Waals surface area contributed by atoms with Gasteiger partial charge in [0.05, 0.1) is 6.54 Å². The summed E-state index contributed by atoms with van der Waals surface area (Å²) in [6.07, 6.45) is 0. The summed E-state index contributed by atoms with van der Waals surface area (Å²) in [5.41, 5.74) is 1.22. The lowest BCUT2D eigenvalue weighted by atomic mass is 10.1. The number of Topliss-reactive ketones (excluding diaryl/α,β-unsaturated/α-hetero) is 1. The SMILES string of the molecule is CC(=O)c1cccc(NCC(=O)NC(=O)NCC(C)C)c1. The molecule has 1 aromatic carbocycles. The topological polar surface area (TPSA) is 87.3 Å². The lowest BCUT2D eigenvalue weighted by Gasteiger charge is -2.10. The summed E-state index contributed by atoms with van der Waals surface area (Å²) in [6.45, 7) is 5.87. The average molecular weight is 291 g/mol. The summed E-state index contributed by atoms with van der Waals surface area (Å²) in [5.74, 6) is -0.168. The monoisotopic (exact) mass is 291 g/mol. The molecule has 0 aliphatic heterocycles. The van der Waals surface area contributed by atoms with Crippen LogP contribution in [0.2, 0.25) is 0 Å². The summed E-state index contributed by atoms with van der Waals surface area (Å²) in [4.78, 5) is 34.2. The van der Waals surface area contributed by atoms with E-state index in [2.05, 4.69) is 16.0 Å². The number of imide groups is 1. The van der Waals surface area contributed by atoms with Crippen LogP contribution in [0.25, 0.3) is 0 Å². The first-order chi connectivity index (χ1) is 9.88. The van der Waals surface area contributed by atoms with E-state index in [4.69, 9.17) is 0 Å². The Morgan fingerprint density at radius 1 is 1.19 bits per heavy atom. The Balaban J connectivity index is 2.41. The van der Waals surface area contributed by atoms with Gasteiger partial charge in [-0.2, -0.15) is 0 Å². The van der Waals surface area contributed by atoms with Crippen molar-refractivity contribution in [2.24, 2.45) is 5.92 Å². The van der Waals surface area contributed by atoms with Gasteiger partial charge in [-0.3, -0.25) is 14.9 Å². The Hall–Kier alpha value is -2.37. The average Bonchev–Trinajstić information content (AvgIpc) is 2.43. The zero-order valence-corrected chi connectivity index (χ0v) is 12.5. The van der Waals surface area contributed by atoms with Gasteiger partial charge in [0.1, 0.15) is 0 Å². The van der Waals surface area contributed by atoms with Gasteiger partial charge in [-0.05, 0) is 25.0 Å². The normalized spacial score (nSPS) is 10.1. The van der Waals surface area contributed by atoms with Gasteiger partial charge in [0.2, 0.25) is 5.91 Å². The molecule has 1 aromatic rings. The van der Waals surface area contributed by atoms with Crippen molar-refractivity contribution in [2.75, 3.05) is 18.4 Å². The highest BCUT2D eigenvalue weighted by atomic mass is 16.2. The fourth-order valence-corrected chi connectivity index (χ4v) is 1.54. The Bertz CT molecular complexity index is 527. The fraction of sp³-hybridized carbons (Fsp3) is 0.400. The maximum Gasteiger partial charge on any atom is 0.321 e. The zero-order valence-electron chi connectivity index (χ0n) is 12.5. The van der Waals surface area contributed by atoms with Crippen LogP contribution in [-0.4, -0.2) is 30.8 Å². The van der Waals surface area contributed by atoms with Crippen molar-refractivity contribution in [1.29, 1.82) is 0 Å². The van der Waals surface area contributed by atoms with Gasteiger partial charge in [-0.1, -0.05) is 26.0 Å². The number of urea groups is 1. The molecule has 0 bridgehead atoms. The number of ketones is 1. The smallest absolute Gasteiger partial charge is 0.321 e. The molecule has 0 radical (unpaired) electrons. The first kappa shape index (κ1) is 16.7. The van der Waals surface area contributed by atoms with Gasteiger partial charge >= 0.3 is 6.03 Å². The van der Waals surface area contributed by atoms with Crippen LogP contribution in [0, 0.1) is 5.92 Å². The van der Waals surface area contributed by atoms with Crippen molar-refractivity contribution >= 4 is 23.4 Å². The molecule has 0 atom stereocenters. The van der Waals surface area contributed by atoms with E-state index in [0.717, 1.165) is 0 Å². The van der Waals surface area contributed by atoms with Crippen molar-refractivity contribution in [3.05, 3.63) is 29.8 Å². The van der Waals surface area contributed by atoms with Crippen LogP contribution < -0.4 is 16.0 Å². The molecule has 0 spiro atoms. The molecule has 0 heterocycles. The predicted octanol–water partition coefficient (Wildman–Crippen LogP) is 1.78.